The van der Waals surface area contributed by atoms with Crippen LogP contribution in [0.3, 0.4) is 0 Å². The molecular formula is C23H37N3O2. The molecule has 0 unspecified atom stereocenters. The molecule has 1 aliphatic carbocycles. The molecule has 2 N–H and O–H groups in total. The summed E-state index contributed by atoms with van der Waals surface area (Å²) >= 11 is 0. The molecule has 0 heterocycles. The summed E-state index contributed by atoms with van der Waals surface area (Å²) in [4.78, 5) is 26.0. The fourth-order valence-corrected chi connectivity index (χ4v) is 3.95. The van der Waals surface area contributed by atoms with Gasteiger partial charge in [0.1, 0.15) is 0 Å². The van der Waals surface area contributed by atoms with E-state index in [1.165, 1.54) is 19.3 Å². The molecule has 1 aromatic rings. The average molecular weight is 388 g/mol. The number of urea groups is 1. The van der Waals surface area contributed by atoms with Crippen molar-refractivity contribution in [1.29, 1.82) is 0 Å². The smallest absolute Gasteiger partial charge is 0.317 e. The van der Waals surface area contributed by atoms with Crippen LogP contribution < -0.4 is 10.6 Å². The molecule has 0 radical (unpaired) electrons. The molecule has 5 nitrogen and oxygen atoms in total. The van der Waals surface area contributed by atoms with E-state index in [4.69, 9.17) is 0 Å². The topological polar surface area (TPSA) is 61.4 Å². The van der Waals surface area contributed by atoms with E-state index in [0.717, 1.165) is 24.3 Å². The van der Waals surface area contributed by atoms with E-state index in [2.05, 4.69) is 31.4 Å². The number of benzene rings is 1. The van der Waals surface area contributed by atoms with Gasteiger partial charge in [-0.1, -0.05) is 57.5 Å². The first-order valence-corrected chi connectivity index (χ1v) is 10.6. The minimum atomic E-state index is -0.154. The van der Waals surface area contributed by atoms with Crippen LogP contribution in [0.5, 0.6) is 0 Å². The van der Waals surface area contributed by atoms with Crippen LogP contribution >= 0.6 is 0 Å². The van der Waals surface area contributed by atoms with E-state index in [1.54, 1.807) is 11.9 Å². The molecule has 1 fully saturated rings. The normalized spacial score (nSPS) is 19.7. The van der Waals surface area contributed by atoms with Crippen LogP contribution in [0.15, 0.2) is 30.3 Å². The van der Waals surface area contributed by atoms with E-state index >= 15 is 0 Å². The van der Waals surface area contributed by atoms with Crippen molar-refractivity contribution in [2.75, 3.05) is 13.6 Å². The SMILES string of the molecule is CCC(C)(C)C1CCC(NC(=O)CCNC(=O)N(C)Cc2ccccc2)CC1. The molecule has 0 aromatic heterocycles. The van der Waals surface area contributed by atoms with Gasteiger partial charge in [-0.05, 0) is 42.6 Å². The summed E-state index contributed by atoms with van der Waals surface area (Å²) in [5.74, 6) is 0.786. The number of carbonyl (C=O) groups excluding carboxylic acids is 2. The summed E-state index contributed by atoms with van der Waals surface area (Å²) in [6, 6.07) is 10.00. The fraction of sp³-hybridized carbons (Fsp3) is 0.652. The Balaban J connectivity index is 1.63. The minimum absolute atomic E-state index is 0.0317. The molecule has 0 saturated heterocycles. The van der Waals surface area contributed by atoms with Gasteiger partial charge >= 0.3 is 6.03 Å². The number of carbonyl (C=O) groups is 2. The van der Waals surface area contributed by atoms with Crippen molar-refractivity contribution < 1.29 is 9.59 Å². The first-order valence-electron chi connectivity index (χ1n) is 10.6. The van der Waals surface area contributed by atoms with Crippen molar-refractivity contribution in [3.63, 3.8) is 0 Å². The number of amides is 3. The summed E-state index contributed by atoms with van der Waals surface area (Å²) in [6.07, 6.45) is 6.02. The second-order valence-corrected chi connectivity index (χ2v) is 8.78. The standard InChI is InChI=1S/C23H37N3O2/c1-5-23(2,3)19-11-13-20(14-12-19)25-21(27)15-16-24-22(28)26(4)17-18-9-7-6-8-10-18/h6-10,19-20H,5,11-17H2,1-4H3,(H,24,28)(H,25,27). The van der Waals surface area contributed by atoms with E-state index in [-0.39, 0.29) is 18.0 Å². The van der Waals surface area contributed by atoms with Crippen LogP contribution in [0.25, 0.3) is 0 Å². The van der Waals surface area contributed by atoms with Gasteiger partial charge in [0, 0.05) is 32.6 Å². The third-order valence-corrected chi connectivity index (χ3v) is 6.35. The highest BCUT2D eigenvalue weighted by atomic mass is 16.2. The number of nitrogens with zero attached hydrogens (tertiary/aromatic N) is 1. The molecule has 3 amide bonds. The third kappa shape index (κ3) is 6.84. The van der Waals surface area contributed by atoms with Crippen LogP contribution in [-0.4, -0.2) is 36.5 Å². The van der Waals surface area contributed by atoms with Crippen molar-refractivity contribution in [1.82, 2.24) is 15.5 Å². The Bertz CT molecular complexity index is 622. The highest BCUT2D eigenvalue weighted by Crippen LogP contribution is 2.40. The Morgan fingerprint density at radius 2 is 1.75 bits per heavy atom. The number of hydrogen-bond acceptors (Lipinski definition) is 2. The van der Waals surface area contributed by atoms with Gasteiger partial charge in [-0.25, -0.2) is 4.79 Å². The summed E-state index contributed by atoms with van der Waals surface area (Å²) in [5.41, 5.74) is 1.48. The lowest BCUT2D eigenvalue weighted by Gasteiger charge is -2.39. The first-order chi connectivity index (χ1) is 13.3. The molecule has 0 atom stereocenters. The molecule has 156 valence electrons. The van der Waals surface area contributed by atoms with Crippen molar-refractivity contribution >= 4 is 11.9 Å². The van der Waals surface area contributed by atoms with Crippen molar-refractivity contribution in [3.05, 3.63) is 35.9 Å². The highest BCUT2D eigenvalue weighted by molar-refractivity contribution is 5.78. The van der Waals surface area contributed by atoms with E-state index < -0.39 is 0 Å². The summed E-state index contributed by atoms with van der Waals surface area (Å²) in [7, 11) is 1.76. The number of nitrogens with one attached hydrogen (secondary N) is 2. The molecule has 1 saturated carbocycles. The van der Waals surface area contributed by atoms with Crippen LogP contribution in [0.4, 0.5) is 4.79 Å². The van der Waals surface area contributed by atoms with Crippen LogP contribution in [0, 0.1) is 11.3 Å². The average Bonchev–Trinajstić information content (AvgIpc) is 2.69. The Morgan fingerprint density at radius 1 is 1.11 bits per heavy atom. The predicted molar refractivity (Wildman–Crippen MR) is 114 cm³/mol. The maximum Gasteiger partial charge on any atom is 0.317 e. The number of hydrogen-bond donors (Lipinski definition) is 2. The summed E-state index contributed by atoms with van der Waals surface area (Å²) in [6.45, 7) is 7.89. The van der Waals surface area contributed by atoms with Gasteiger partial charge in [0.25, 0.3) is 0 Å². The van der Waals surface area contributed by atoms with Crippen molar-refractivity contribution in [2.45, 2.75) is 71.9 Å². The summed E-state index contributed by atoms with van der Waals surface area (Å²) < 4.78 is 0. The molecule has 28 heavy (non-hydrogen) atoms. The molecule has 0 bridgehead atoms. The van der Waals surface area contributed by atoms with E-state index in [1.807, 2.05) is 30.3 Å². The van der Waals surface area contributed by atoms with E-state index in [9.17, 15) is 9.59 Å². The van der Waals surface area contributed by atoms with E-state index in [0.29, 0.717) is 24.9 Å². The zero-order valence-electron chi connectivity index (χ0n) is 18.0. The Morgan fingerprint density at radius 3 is 2.36 bits per heavy atom. The van der Waals surface area contributed by atoms with Crippen LogP contribution in [-0.2, 0) is 11.3 Å². The van der Waals surface area contributed by atoms with Gasteiger partial charge in [-0.2, -0.15) is 0 Å². The Kier molecular flexibility index (Phi) is 8.34. The van der Waals surface area contributed by atoms with Gasteiger partial charge in [0.05, 0.1) is 0 Å². The molecule has 5 heteroatoms. The second kappa shape index (κ2) is 10.5. The van der Waals surface area contributed by atoms with Crippen LogP contribution in [0.1, 0.15) is 64.9 Å². The molecule has 2 rings (SSSR count). The molecular weight excluding hydrogens is 350 g/mol. The Labute approximate surface area is 170 Å². The maximum atomic E-state index is 12.2. The lowest BCUT2D eigenvalue weighted by atomic mass is 9.69. The second-order valence-electron chi connectivity index (χ2n) is 8.78. The lowest BCUT2D eigenvalue weighted by Crippen LogP contribution is -2.42. The van der Waals surface area contributed by atoms with Crippen molar-refractivity contribution in [3.8, 4) is 0 Å². The first kappa shape index (κ1) is 22.3. The molecule has 1 aliphatic rings. The maximum absolute atomic E-state index is 12.2. The quantitative estimate of drug-likeness (QED) is 0.697. The monoisotopic (exact) mass is 387 g/mol. The lowest BCUT2D eigenvalue weighted by molar-refractivity contribution is -0.122. The largest absolute Gasteiger partial charge is 0.353 e. The molecule has 0 spiro atoms. The van der Waals surface area contributed by atoms with Crippen molar-refractivity contribution in [2.24, 2.45) is 11.3 Å². The predicted octanol–water partition coefficient (Wildman–Crippen LogP) is 4.33. The molecule has 1 aromatic carbocycles. The molecule has 0 aliphatic heterocycles. The Hall–Kier alpha value is -2.04. The third-order valence-electron chi connectivity index (χ3n) is 6.35. The highest BCUT2D eigenvalue weighted by Gasteiger charge is 2.32. The van der Waals surface area contributed by atoms with Gasteiger partial charge in [0.2, 0.25) is 5.91 Å². The fourth-order valence-electron chi connectivity index (χ4n) is 3.95. The zero-order valence-corrected chi connectivity index (χ0v) is 18.0. The summed E-state index contributed by atoms with van der Waals surface area (Å²) in [5, 5.41) is 5.98. The number of rotatable bonds is 8. The van der Waals surface area contributed by atoms with Gasteiger partial charge < -0.3 is 15.5 Å². The van der Waals surface area contributed by atoms with Gasteiger partial charge in [-0.15, -0.1) is 0 Å². The minimum Gasteiger partial charge on any atom is -0.353 e. The van der Waals surface area contributed by atoms with Gasteiger partial charge in [0.15, 0.2) is 0 Å². The zero-order chi connectivity index (χ0) is 20.6. The van der Waals surface area contributed by atoms with Crippen LogP contribution in [0.2, 0.25) is 0 Å². The van der Waals surface area contributed by atoms with Gasteiger partial charge in [-0.3, -0.25) is 4.79 Å².